The minimum atomic E-state index is -0.517. The van der Waals surface area contributed by atoms with Crippen LogP contribution in [0.3, 0.4) is 0 Å². The van der Waals surface area contributed by atoms with Crippen molar-refractivity contribution in [1.82, 2.24) is 10.3 Å². The van der Waals surface area contributed by atoms with Crippen molar-refractivity contribution in [2.45, 2.75) is 26.3 Å². The highest BCUT2D eigenvalue weighted by atomic mass is 32.1. The van der Waals surface area contributed by atoms with Crippen LogP contribution in [0.4, 0.5) is 0 Å². The maximum atomic E-state index is 12.2. The molecular weight excluding hydrogens is 260 g/mol. The number of aromatic hydroxyl groups is 1. The summed E-state index contributed by atoms with van der Waals surface area (Å²) in [5.74, 6) is 0.0130. The molecule has 1 aromatic heterocycles. The molecule has 2 aromatic rings. The first-order chi connectivity index (χ1) is 8.90. The number of phenolic OH excluding ortho intramolecular Hbond substituents is 1. The third-order valence-corrected chi connectivity index (χ3v) is 3.95. The molecule has 0 atom stereocenters. The summed E-state index contributed by atoms with van der Waals surface area (Å²) < 4.78 is 0. The molecule has 0 radical (unpaired) electrons. The summed E-state index contributed by atoms with van der Waals surface area (Å²) in [6.07, 6.45) is 1.72. The maximum Gasteiger partial charge on any atom is 0.252 e. The zero-order valence-electron chi connectivity index (χ0n) is 11.1. The van der Waals surface area contributed by atoms with Crippen LogP contribution in [0.1, 0.15) is 34.8 Å². The van der Waals surface area contributed by atoms with Gasteiger partial charge in [-0.1, -0.05) is 0 Å². The number of amides is 1. The minimum Gasteiger partial charge on any atom is -0.508 e. The fourth-order valence-corrected chi connectivity index (χ4v) is 2.46. The van der Waals surface area contributed by atoms with Gasteiger partial charge < -0.3 is 10.4 Å². The first-order valence-corrected chi connectivity index (χ1v) is 6.80. The maximum absolute atomic E-state index is 12.2. The second-order valence-corrected chi connectivity index (χ2v) is 5.81. The fraction of sp³-hybridized carbons (Fsp3) is 0.286. The molecule has 0 spiro atoms. The molecule has 1 amide bonds. The van der Waals surface area contributed by atoms with Gasteiger partial charge in [-0.15, -0.1) is 11.3 Å². The minimum absolute atomic E-state index is 0.177. The van der Waals surface area contributed by atoms with Gasteiger partial charge in [-0.2, -0.15) is 0 Å². The standard InChI is InChI=1S/C14H16N2O2S/c1-9-8-10(4-5-11(9)17)12(18)16-14(2,3)13-15-6-7-19-13/h4-8,17H,1-3H3,(H,16,18). The Bertz CT molecular complexity index is 591. The Morgan fingerprint density at radius 2 is 2.16 bits per heavy atom. The second-order valence-electron chi connectivity index (χ2n) is 4.92. The van der Waals surface area contributed by atoms with Crippen LogP contribution in [0.5, 0.6) is 5.75 Å². The smallest absolute Gasteiger partial charge is 0.252 e. The van der Waals surface area contributed by atoms with Crippen molar-refractivity contribution in [3.63, 3.8) is 0 Å². The molecule has 2 N–H and O–H groups in total. The average Bonchev–Trinajstić information content (AvgIpc) is 2.86. The van der Waals surface area contributed by atoms with Gasteiger partial charge >= 0.3 is 0 Å². The lowest BCUT2D eigenvalue weighted by atomic mass is 10.0. The number of rotatable bonds is 3. The number of carbonyl (C=O) groups excluding carboxylic acids is 1. The number of carbonyl (C=O) groups is 1. The lowest BCUT2D eigenvalue weighted by molar-refractivity contribution is 0.0912. The molecule has 1 heterocycles. The molecule has 5 heteroatoms. The lowest BCUT2D eigenvalue weighted by Crippen LogP contribution is -2.40. The monoisotopic (exact) mass is 276 g/mol. The van der Waals surface area contributed by atoms with E-state index in [4.69, 9.17) is 0 Å². The number of benzene rings is 1. The van der Waals surface area contributed by atoms with Crippen LogP contribution < -0.4 is 5.32 Å². The molecule has 0 unspecified atom stereocenters. The third kappa shape index (κ3) is 2.93. The van der Waals surface area contributed by atoms with Crippen molar-refractivity contribution in [2.24, 2.45) is 0 Å². The van der Waals surface area contributed by atoms with Crippen LogP contribution in [-0.2, 0) is 5.54 Å². The Balaban J connectivity index is 2.19. The zero-order chi connectivity index (χ0) is 14.0. The number of hydrogen-bond donors (Lipinski definition) is 2. The molecular formula is C14H16N2O2S. The summed E-state index contributed by atoms with van der Waals surface area (Å²) in [5.41, 5.74) is 0.691. The van der Waals surface area contributed by atoms with E-state index in [1.165, 1.54) is 17.4 Å². The van der Waals surface area contributed by atoms with E-state index in [0.717, 1.165) is 5.01 Å². The van der Waals surface area contributed by atoms with E-state index in [2.05, 4.69) is 10.3 Å². The predicted molar refractivity (Wildman–Crippen MR) is 75.5 cm³/mol. The Hall–Kier alpha value is -1.88. The third-order valence-electron chi connectivity index (χ3n) is 2.85. The number of phenols is 1. The molecule has 100 valence electrons. The highest BCUT2D eigenvalue weighted by Gasteiger charge is 2.26. The van der Waals surface area contributed by atoms with Crippen molar-refractivity contribution in [2.75, 3.05) is 0 Å². The van der Waals surface area contributed by atoms with Gasteiger partial charge in [0.25, 0.3) is 5.91 Å². The molecule has 0 bridgehead atoms. The fourth-order valence-electron chi connectivity index (χ4n) is 1.74. The van der Waals surface area contributed by atoms with Crippen LogP contribution in [0.2, 0.25) is 0 Å². The van der Waals surface area contributed by atoms with E-state index in [1.54, 1.807) is 25.3 Å². The number of nitrogens with one attached hydrogen (secondary N) is 1. The average molecular weight is 276 g/mol. The zero-order valence-corrected chi connectivity index (χ0v) is 11.9. The van der Waals surface area contributed by atoms with Crippen molar-refractivity contribution < 1.29 is 9.90 Å². The van der Waals surface area contributed by atoms with Gasteiger partial charge in [0.2, 0.25) is 0 Å². The number of aryl methyl sites for hydroxylation is 1. The Labute approximate surface area is 116 Å². The van der Waals surface area contributed by atoms with Gasteiger partial charge in [0, 0.05) is 17.1 Å². The van der Waals surface area contributed by atoms with E-state index >= 15 is 0 Å². The van der Waals surface area contributed by atoms with Gasteiger partial charge in [0.05, 0.1) is 5.54 Å². The van der Waals surface area contributed by atoms with Gasteiger partial charge in [-0.3, -0.25) is 4.79 Å². The molecule has 0 saturated heterocycles. The summed E-state index contributed by atoms with van der Waals surface area (Å²) in [4.78, 5) is 16.4. The molecule has 0 saturated carbocycles. The van der Waals surface area contributed by atoms with Crippen molar-refractivity contribution in [3.05, 3.63) is 45.9 Å². The van der Waals surface area contributed by atoms with E-state index < -0.39 is 5.54 Å². The van der Waals surface area contributed by atoms with Gasteiger partial charge in [-0.05, 0) is 44.5 Å². The van der Waals surface area contributed by atoms with E-state index in [0.29, 0.717) is 11.1 Å². The topological polar surface area (TPSA) is 62.2 Å². The Kier molecular flexibility index (Phi) is 3.57. The number of thiazole rings is 1. The molecule has 0 aliphatic rings. The van der Waals surface area contributed by atoms with E-state index in [9.17, 15) is 9.90 Å². The first kappa shape index (κ1) is 13.5. The first-order valence-electron chi connectivity index (χ1n) is 5.92. The van der Waals surface area contributed by atoms with Crippen LogP contribution in [0, 0.1) is 6.92 Å². The van der Waals surface area contributed by atoms with Crippen LogP contribution >= 0.6 is 11.3 Å². The van der Waals surface area contributed by atoms with Gasteiger partial charge in [-0.25, -0.2) is 4.98 Å². The summed E-state index contributed by atoms with van der Waals surface area (Å²) in [6, 6.07) is 4.80. The van der Waals surface area contributed by atoms with E-state index in [1.807, 2.05) is 19.2 Å². The van der Waals surface area contributed by atoms with Gasteiger partial charge in [0.1, 0.15) is 10.8 Å². The summed E-state index contributed by atoms with van der Waals surface area (Å²) >= 11 is 1.51. The second kappa shape index (κ2) is 5.01. The molecule has 0 aliphatic carbocycles. The van der Waals surface area contributed by atoms with Crippen LogP contribution in [-0.4, -0.2) is 16.0 Å². The summed E-state index contributed by atoms with van der Waals surface area (Å²) in [5, 5.41) is 15.2. The predicted octanol–water partition coefficient (Wildman–Crippen LogP) is 2.82. The molecule has 0 fully saturated rings. The quantitative estimate of drug-likeness (QED) is 0.906. The summed E-state index contributed by atoms with van der Waals surface area (Å²) in [7, 11) is 0. The van der Waals surface area contributed by atoms with Gasteiger partial charge in [0.15, 0.2) is 0 Å². The molecule has 19 heavy (non-hydrogen) atoms. The Morgan fingerprint density at radius 3 is 2.74 bits per heavy atom. The highest BCUT2D eigenvalue weighted by molar-refractivity contribution is 7.09. The molecule has 2 rings (SSSR count). The van der Waals surface area contributed by atoms with Crippen molar-refractivity contribution in [3.8, 4) is 5.75 Å². The van der Waals surface area contributed by atoms with Crippen LogP contribution in [0.25, 0.3) is 0 Å². The number of nitrogens with zero attached hydrogens (tertiary/aromatic N) is 1. The number of hydrogen-bond acceptors (Lipinski definition) is 4. The lowest BCUT2D eigenvalue weighted by Gasteiger charge is -2.23. The largest absolute Gasteiger partial charge is 0.508 e. The van der Waals surface area contributed by atoms with Crippen molar-refractivity contribution >= 4 is 17.2 Å². The normalized spacial score (nSPS) is 11.3. The molecule has 0 aliphatic heterocycles. The number of aromatic nitrogens is 1. The Morgan fingerprint density at radius 1 is 1.42 bits per heavy atom. The SMILES string of the molecule is Cc1cc(C(=O)NC(C)(C)c2nccs2)ccc1O. The van der Waals surface area contributed by atoms with Crippen LogP contribution in [0.15, 0.2) is 29.8 Å². The highest BCUT2D eigenvalue weighted by Crippen LogP contribution is 2.23. The summed E-state index contributed by atoms with van der Waals surface area (Å²) in [6.45, 7) is 5.59. The van der Waals surface area contributed by atoms with Crippen molar-refractivity contribution in [1.29, 1.82) is 0 Å². The molecule has 4 nitrogen and oxygen atoms in total. The molecule has 1 aromatic carbocycles. The van der Waals surface area contributed by atoms with E-state index in [-0.39, 0.29) is 11.7 Å².